The van der Waals surface area contributed by atoms with Crippen molar-refractivity contribution in [3.8, 4) is 0 Å². The van der Waals surface area contributed by atoms with Gasteiger partial charge in [0.15, 0.2) is 6.23 Å². The third-order valence-corrected chi connectivity index (χ3v) is 4.26. The number of amides is 1. The first-order chi connectivity index (χ1) is 11.5. The number of hydrogen-bond donors (Lipinski definition) is 4. The molecule has 134 valence electrons. The van der Waals surface area contributed by atoms with Gasteiger partial charge >= 0.3 is 0 Å². The molecule has 1 amide bonds. The molecule has 25 heavy (non-hydrogen) atoms. The fourth-order valence-electron chi connectivity index (χ4n) is 3.07. The lowest BCUT2D eigenvalue weighted by atomic mass is 10.1. The summed E-state index contributed by atoms with van der Waals surface area (Å²) >= 11 is 0. The number of imidazole rings is 1. The maximum atomic E-state index is 11.8. The Balaban J connectivity index is 0.00000182. The van der Waals surface area contributed by atoms with E-state index in [0.29, 0.717) is 16.7 Å². The van der Waals surface area contributed by atoms with E-state index in [9.17, 15) is 20.1 Å². The number of aromatic nitrogens is 4. The summed E-state index contributed by atoms with van der Waals surface area (Å²) in [6.45, 7) is -0.450. The van der Waals surface area contributed by atoms with E-state index in [0.717, 1.165) is 0 Å². The number of aliphatic hydroxyl groups excluding tert-OH is 3. The lowest BCUT2D eigenvalue weighted by Crippen LogP contribution is -2.33. The van der Waals surface area contributed by atoms with Crippen LogP contribution in [-0.4, -0.2) is 65.1 Å². The van der Waals surface area contributed by atoms with Crippen molar-refractivity contribution in [1.82, 2.24) is 18.9 Å². The van der Waals surface area contributed by atoms with E-state index >= 15 is 0 Å². The minimum Gasteiger partial charge on any atom is -0.394 e. The molecule has 0 aliphatic carbocycles. The summed E-state index contributed by atoms with van der Waals surface area (Å²) in [5, 5.41) is 29.8. The van der Waals surface area contributed by atoms with Crippen molar-refractivity contribution in [3.05, 3.63) is 30.5 Å². The number of fused-ring (bicyclic) bond motifs is 3. The Bertz CT molecular complexity index is 940. The summed E-state index contributed by atoms with van der Waals surface area (Å²) < 4.78 is 8.57. The number of primary amides is 1. The Morgan fingerprint density at radius 1 is 1.28 bits per heavy atom. The Hall–Kier alpha value is -2.24. The number of carbonyl (C=O) groups excluding carboxylic acids is 1. The zero-order valence-electron chi connectivity index (χ0n) is 12.8. The number of hydrogen-bond acceptors (Lipinski definition) is 7. The fourth-order valence-corrected chi connectivity index (χ4v) is 3.07. The van der Waals surface area contributed by atoms with Gasteiger partial charge in [-0.1, -0.05) is 0 Å². The number of aliphatic hydroxyl groups is 3. The number of rotatable bonds is 3. The van der Waals surface area contributed by atoms with Gasteiger partial charge in [0.25, 0.3) is 5.91 Å². The summed E-state index contributed by atoms with van der Waals surface area (Å²) in [6.07, 6.45) is 1.65. The van der Waals surface area contributed by atoms with Crippen LogP contribution in [0, 0.1) is 0 Å². The highest BCUT2D eigenvalue weighted by Crippen LogP contribution is 2.34. The highest BCUT2D eigenvalue weighted by Gasteiger charge is 2.44. The summed E-state index contributed by atoms with van der Waals surface area (Å²) in [5.41, 5.74) is 6.45. The second-order valence-electron chi connectivity index (χ2n) is 5.64. The predicted molar refractivity (Wildman–Crippen MR) is 87.3 cm³/mol. The minimum atomic E-state index is -1.30. The van der Waals surface area contributed by atoms with Gasteiger partial charge in [0.1, 0.15) is 35.9 Å². The molecule has 1 fully saturated rings. The molecule has 1 aliphatic rings. The van der Waals surface area contributed by atoms with Gasteiger partial charge in [-0.2, -0.15) is 0 Å². The van der Waals surface area contributed by atoms with Crippen molar-refractivity contribution in [1.29, 1.82) is 0 Å². The molecule has 10 nitrogen and oxygen atoms in total. The Morgan fingerprint density at radius 3 is 2.68 bits per heavy atom. The average Bonchev–Trinajstić information content (AvgIpc) is 3.24. The molecule has 3 aromatic heterocycles. The molecule has 5 N–H and O–H groups in total. The first-order valence-corrected chi connectivity index (χ1v) is 7.27. The standard InChI is InChI=1S/C14H15N5O5.ClH/c15-11(23)6-3-19(14-10(22)9(21)7(4-20)24-14)13-8(6)12-16-1-2-18(12)5-17-13;/h1-3,5,7,9-10,14,20-22H,4H2,(H2,15,23);1H. The van der Waals surface area contributed by atoms with Crippen molar-refractivity contribution < 1.29 is 24.9 Å². The van der Waals surface area contributed by atoms with E-state index in [1.807, 2.05) is 0 Å². The molecule has 4 rings (SSSR count). The van der Waals surface area contributed by atoms with Crippen LogP contribution in [-0.2, 0) is 4.74 Å². The van der Waals surface area contributed by atoms with Gasteiger partial charge < -0.3 is 30.4 Å². The van der Waals surface area contributed by atoms with Gasteiger partial charge in [0, 0.05) is 18.6 Å². The molecule has 0 saturated carbocycles. The Kier molecular flexibility index (Phi) is 4.39. The van der Waals surface area contributed by atoms with Gasteiger partial charge in [-0.3, -0.25) is 9.20 Å². The monoisotopic (exact) mass is 369 g/mol. The number of nitrogens with zero attached hydrogens (tertiary/aromatic N) is 4. The molecule has 4 heterocycles. The molecule has 0 radical (unpaired) electrons. The van der Waals surface area contributed by atoms with Crippen LogP contribution in [0.25, 0.3) is 16.7 Å². The van der Waals surface area contributed by atoms with E-state index in [4.69, 9.17) is 10.5 Å². The van der Waals surface area contributed by atoms with Crippen LogP contribution < -0.4 is 5.73 Å². The summed E-state index contributed by atoms with van der Waals surface area (Å²) in [7, 11) is 0. The third-order valence-electron chi connectivity index (χ3n) is 4.26. The van der Waals surface area contributed by atoms with Crippen LogP contribution in [0.3, 0.4) is 0 Å². The molecule has 1 aliphatic heterocycles. The van der Waals surface area contributed by atoms with E-state index in [1.54, 1.807) is 16.8 Å². The largest absolute Gasteiger partial charge is 0.394 e. The molecule has 0 spiro atoms. The van der Waals surface area contributed by atoms with Gasteiger partial charge in [0.2, 0.25) is 0 Å². The zero-order valence-corrected chi connectivity index (χ0v) is 13.6. The number of carbonyl (C=O) groups is 1. The highest BCUT2D eigenvalue weighted by molar-refractivity contribution is 6.10. The zero-order chi connectivity index (χ0) is 17.0. The van der Waals surface area contributed by atoms with Crippen molar-refractivity contribution in [2.75, 3.05) is 6.61 Å². The quantitative estimate of drug-likeness (QED) is 0.454. The second-order valence-corrected chi connectivity index (χ2v) is 5.64. The van der Waals surface area contributed by atoms with Gasteiger partial charge in [-0.05, 0) is 0 Å². The maximum absolute atomic E-state index is 11.8. The van der Waals surface area contributed by atoms with Crippen LogP contribution in [0.5, 0.6) is 0 Å². The molecular weight excluding hydrogens is 354 g/mol. The van der Waals surface area contributed by atoms with E-state index in [2.05, 4.69) is 9.97 Å². The molecule has 1 saturated heterocycles. The van der Waals surface area contributed by atoms with Crippen molar-refractivity contribution >= 4 is 35.0 Å². The van der Waals surface area contributed by atoms with E-state index in [1.165, 1.54) is 17.1 Å². The van der Waals surface area contributed by atoms with Crippen LogP contribution in [0.2, 0.25) is 0 Å². The molecule has 11 heteroatoms. The number of nitrogens with two attached hydrogens (primary N) is 1. The molecular formula is C14H16ClN5O5. The topological polar surface area (TPSA) is 148 Å². The Labute approximate surface area is 146 Å². The minimum absolute atomic E-state index is 0. The van der Waals surface area contributed by atoms with Crippen molar-refractivity contribution in [2.45, 2.75) is 24.5 Å². The van der Waals surface area contributed by atoms with Gasteiger partial charge in [0.05, 0.1) is 17.6 Å². The molecule has 0 aromatic carbocycles. The number of ether oxygens (including phenoxy) is 1. The van der Waals surface area contributed by atoms with Crippen molar-refractivity contribution in [2.24, 2.45) is 5.73 Å². The summed E-state index contributed by atoms with van der Waals surface area (Å²) in [6, 6.07) is 0. The molecule has 3 aromatic rings. The molecule has 4 atom stereocenters. The van der Waals surface area contributed by atoms with E-state index in [-0.39, 0.29) is 18.0 Å². The van der Waals surface area contributed by atoms with Gasteiger partial charge in [-0.25, -0.2) is 9.97 Å². The normalized spacial score (nSPS) is 26.2. The van der Waals surface area contributed by atoms with E-state index < -0.39 is 37.1 Å². The third kappa shape index (κ3) is 2.46. The van der Waals surface area contributed by atoms with Crippen LogP contribution >= 0.6 is 12.4 Å². The summed E-state index contributed by atoms with van der Waals surface area (Å²) in [5.74, 6) is -0.677. The smallest absolute Gasteiger partial charge is 0.251 e. The summed E-state index contributed by atoms with van der Waals surface area (Å²) in [4.78, 5) is 20.3. The molecule has 0 bridgehead atoms. The predicted octanol–water partition coefficient (Wildman–Crippen LogP) is -1.18. The van der Waals surface area contributed by atoms with Gasteiger partial charge in [-0.15, -0.1) is 12.4 Å². The number of halogens is 1. The first-order valence-electron chi connectivity index (χ1n) is 7.27. The average molecular weight is 370 g/mol. The fraction of sp³-hybridized carbons (Fsp3) is 0.357. The maximum Gasteiger partial charge on any atom is 0.251 e. The molecule has 4 unspecified atom stereocenters. The SMILES string of the molecule is Cl.NC(=O)c1cn(C2OC(CO)C(O)C2O)c2ncn3ccnc3c12. The van der Waals surface area contributed by atoms with Crippen LogP contribution in [0.1, 0.15) is 16.6 Å². The van der Waals surface area contributed by atoms with Crippen LogP contribution in [0.4, 0.5) is 0 Å². The first kappa shape index (κ1) is 17.6. The van der Waals surface area contributed by atoms with Crippen molar-refractivity contribution in [3.63, 3.8) is 0 Å². The lowest BCUT2D eigenvalue weighted by Gasteiger charge is -2.17. The highest BCUT2D eigenvalue weighted by atomic mass is 35.5. The van der Waals surface area contributed by atoms with Crippen LogP contribution in [0.15, 0.2) is 24.9 Å². The Morgan fingerprint density at radius 2 is 2.04 bits per heavy atom. The lowest BCUT2D eigenvalue weighted by molar-refractivity contribution is -0.0508. The second kappa shape index (κ2) is 6.24.